The number of benzene rings is 3. The molecule has 0 spiro atoms. The van der Waals surface area contributed by atoms with E-state index < -0.39 is 21.7 Å². The molecule has 162 valence electrons. The molecule has 0 saturated carbocycles. The number of hydrogen-bond acceptors (Lipinski definition) is 3. The van der Waals surface area contributed by atoms with Gasteiger partial charge in [0.1, 0.15) is 5.82 Å². The normalized spacial score (nSPS) is 11.5. The van der Waals surface area contributed by atoms with Gasteiger partial charge in [0.25, 0.3) is 0 Å². The van der Waals surface area contributed by atoms with Crippen LogP contribution in [0.3, 0.4) is 0 Å². The average molecular weight is 505 g/mol. The van der Waals surface area contributed by atoms with Crippen molar-refractivity contribution >= 4 is 31.9 Å². The highest BCUT2D eigenvalue weighted by atomic mass is 79.9. The lowest BCUT2D eigenvalue weighted by Gasteiger charge is -2.25. The highest BCUT2D eigenvalue weighted by molar-refractivity contribution is 9.10. The number of rotatable bonds is 8. The summed E-state index contributed by atoms with van der Waals surface area (Å²) in [6.45, 7) is -0.287. The summed E-state index contributed by atoms with van der Waals surface area (Å²) < 4.78 is 42.5. The average Bonchev–Trinajstić information content (AvgIpc) is 2.76. The molecule has 0 aromatic heterocycles. The summed E-state index contributed by atoms with van der Waals surface area (Å²) in [6, 6.07) is 21.4. The zero-order valence-corrected chi connectivity index (χ0v) is 19.3. The molecule has 0 radical (unpaired) electrons. The summed E-state index contributed by atoms with van der Waals surface area (Å²) in [4.78, 5) is 14.3. The largest absolute Gasteiger partial charge is 0.340 e. The number of carbonyl (C=O) groups excluding carboxylic acids is 1. The lowest BCUT2D eigenvalue weighted by atomic mass is 10.2. The zero-order valence-electron chi connectivity index (χ0n) is 16.9. The van der Waals surface area contributed by atoms with Crippen LogP contribution >= 0.6 is 15.9 Å². The molecule has 3 rings (SSSR count). The Morgan fingerprint density at radius 3 is 2.16 bits per heavy atom. The van der Waals surface area contributed by atoms with Crippen LogP contribution in [0, 0.1) is 5.82 Å². The Balaban J connectivity index is 1.84. The van der Waals surface area contributed by atoms with Crippen molar-refractivity contribution in [3.05, 3.63) is 100 Å². The second-order valence-electron chi connectivity index (χ2n) is 7.05. The van der Waals surface area contributed by atoms with Gasteiger partial charge in [0.15, 0.2) is 0 Å². The Labute approximate surface area is 190 Å². The van der Waals surface area contributed by atoms with Gasteiger partial charge in [0.2, 0.25) is 15.9 Å². The molecule has 0 aliphatic rings. The first-order valence-corrected chi connectivity index (χ1v) is 11.8. The second kappa shape index (κ2) is 10.2. The van der Waals surface area contributed by atoms with E-state index in [2.05, 4.69) is 15.9 Å². The number of nitrogens with zero attached hydrogens (tertiary/aromatic N) is 2. The molecule has 31 heavy (non-hydrogen) atoms. The Hall–Kier alpha value is -2.55. The predicted molar refractivity (Wildman–Crippen MR) is 121 cm³/mol. The van der Waals surface area contributed by atoms with Gasteiger partial charge in [-0.15, -0.1) is 0 Å². The van der Waals surface area contributed by atoms with Gasteiger partial charge in [-0.05, 0) is 35.9 Å². The van der Waals surface area contributed by atoms with E-state index in [0.29, 0.717) is 5.56 Å². The minimum Gasteiger partial charge on any atom is -0.340 e. The standard InChI is InChI=1S/C23H22BrFN2O3S/c1-26(16-19-7-5-6-10-22(19)25)23(28)17-27(15-18-11-13-20(24)14-12-18)31(29,30)21-8-3-2-4-9-21/h2-14H,15-17H2,1H3. The molecule has 5 nitrogen and oxygen atoms in total. The topological polar surface area (TPSA) is 57.7 Å². The van der Waals surface area contributed by atoms with E-state index in [1.165, 1.54) is 30.1 Å². The van der Waals surface area contributed by atoms with Gasteiger partial charge in [-0.3, -0.25) is 4.79 Å². The Kier molecular flexibility index (Phi) is 7.59. The minimum absolute atomic E-state index is 0.0315. The van der Waals surface area contributed by atoms with Crippen LogP contribution in [0.5, 0.6) is 0 Å². The molecular formula is C23H22BrFN2O3S. The molecule has 0 unspecified atom stereocenters. The van der Waals surface area contributed by atoms with Gasteiger partial charge in [0.05, 0.1) is 11.4 Å². The van der Waals surface area contributed by atoms with Gasteiger partial charge < -0.3 is 4.90 Å². The highest BCUT2D eigenvalue weighted by Crippen LogP contribution is 2.20. The van der Waals surface area contributed by atoms with E-state index in [-0.39, 0.29) is 24.5 Å². The number of halogens is 2. The lowest BCUT2D eigenvalue weighted by Crippen LogP contribution is -2.41. The third kappa shape index (κ3) is 6.00. The smallest absolute Gasteiger partial charge is 0.243 e. The maximum atomic E-state index is 14.0. The van der Waals surface area contributed by atoms with Crippen LogP contribution in [-0.2, 0) is 27.9 Å². The van der Waals surface area contributed by atoms with Crippen molar-refractivity contribution in [1.82, 2.24) is 9.21 Å². The fraction of sp³-hybridized carbons (Fsp3) is 0.174. The molecule has 0 bridgehead atoms. The molecule has 3 aromatic rings. The monoisotopic (exact) mass is 504 g/mol. The number of sulfonamides is 1. The minimum atomic E-state index is -3.92. The first-order chi connectivity index (χ1) is 14.8. The van der Waals surface area contributed by atoms with Crippen LogP contribution < -0.4 is 0 Å². The summed E-state index contributed by atoms with van der Waals surface area (Å²) >= 11 is 3.36. The van der Waals surface area contributed by atoms with E-state index in [1.807, 2.05) is 12.1 Å². The maximum absolute atomic E-state index is 14.0. The molecule has 0 aliphatic carbocycles. The van der Waals surface area contributed by atoms with Crippen molar-refractivity contribution in [2.45, 2.75) is 18.0 Å². The molecule has 0 saturated heterocycles. The summed E-state index contributed by atoms with van der Waals surface area (Å²) in [5.74, 6) is -0.842. The van der Waals surface area contributed by atoms with Crippen molar-refractivity contribution < 1.29 is 17.6 Å². The predicted octanol–water partition coefficient (Wildman–Crippen LogP) is 4.44. The van der Waals surface area contributed by atoms with Crippen LogP contribution in [0.4, 0.5) is 4.39 Å². The molecule has 0 atom stereocenters. The van der Waals surface area contributed by atoms with Crippen LogP contribution in [-0.4, -0.2) is 37.1 Å². The van der Waals surface area contributed by atoms with Gasteiger partial charge in [0, 0.05) is 30.2 Å². The third-order valence-corrected chi connectivity index (χ3v) is 7.09. The molecule has 0 N–H and O–H groups in total. The van der Waals surface area contributed by atoms with Gasteiger partial charge >= 0.3 is 0 Å². The van der Waals surface area contributed by atoms with Crippen LogP contribution in [0.25, 0.3) is 0 Å². The van der Waals surface area contributed by atoms with E-state index >= 15 is 0 Å². The number of amides is 1. The van der Waals surface area contributed by atoms with Crippen LogP contribution in [0.2, 0.25) is 0 Å². The molecular weight excluding hydrogens is 483 g/mol. The molecule has 8 heteroatoms. The van der Waals surface area contributed by atoms with E-state index in [0.717, 1.165) is 14.3 Å². The summed E-state index contributed by atoms with van der Waals surface area (Å²) in [6.07, 6.45) is 0. The second-order valence-corrected chi connectivity index (χ2v) is 9.91. The molecule has 0 heterocycles. The Morgan fingerprint density at radius 1 is 0.903 bits per heavy atom. The molecule has 0 fully saturated rings. The summed E-state index contributed by atoms with van der Waals surface area (Å²) in [7, 11) is -2.39. The zero-order chi connectivity index (χ0) is 22.4. The van der Waals surface area contributed by atoms with Gasteiger partial charge in [-0.25, -0.2) is 12.8 Å². The van der Waals surface area contributed by atoms with E-state index in [9.17, 15) is 17.6 Å². The van der Waals surface area contributed by atoms with Crippen LogP contribution in [0.15, 0.2) is 88.2 Å². The van der Waals surface area contributed by atoms with Gasteiger partial charge in [-0.1, -0.05) is 64.5 Å². The molecule has 0 aliphatic heterocycles. The SMILES string of the molecule is CN(Cc1ccccc1F)C(=O)CN(Cc1ccc(Br)cc1)S(=O)(=O)c1ccccc1. The highest BCUT2D eigenvalue weighted by Gasteiger charge is 2.28. The fourth-order valence-corrected chi connectivity index (χ4v) is 4.67. The number of carbonyl (C=O) groups is 1. The van der Waals surface area contributed by atoms with Crippen molar-refractivity contribution in [1.29, 1.82) is 0 Å². The van der Waals surface area contributed by atoms with Crippen molar-refractivity contribution in [3.63, 3.8) is 0 Å². The first kappa shape index (κ1) is 23.1. The Morgan fingerprint density at radius 2 is 1.52 bits per heavy atom. The first-order valence-electron chi connectivity index (χ1n) is 9.54. The van der Waals surface area contributed by atoms with Crippen molar-refractivity contribution in [2.24, 2.45) is 0 Å². The quantitative estimate of drug-likeness (QED) is 0.455. The maximum Gasteiger partial charge on any atom is 0.243 e. The van der Waals surface area contributed by atoms with E-state index in [4.69, 9.17) is 0 Å². The third-order valence-electron chi connectivity index (χ3n) is 4.76. The number of hydrogen-bond donors (Lipinski definition) is 0. The molecule has 1 amide bonds. The van der Waals surface area contributed by atoms with Crippen molar-refractivity contribution in [2.75, 3.05) is 13.6 Å². The van der Waals surface area contributed by atoms with Crippen molar-refractivity contribution in [3.8, 4) is 0 Å². The Bertz CT molecular complexity index is 1140. The fourth-order valence-electron chi connectivity index (χ4n) is 3.00. The summed E-state index contributed by atoms with van der Waals surface area (Å²) in [5, 5.41) is 0. The lowest BCUT2D eigenvalue weighted by molar-refractivity contribution is -0.130. The molecule has 3 aromatic carbocycles. The van der Waals surface area contributed by atoms with Crippen LogP contribution in [0.1, 0.15) is 11.1 Å². The van der Waals surface area contributed by atoms with E-state index in [1.54, 1.807) is 48.5 Å². The summed E-state index contributed by atoms with van der Waals surface area (Å²) in [5.41, 5.74) is 1.11. The van der Waals surface area contributed by atoms with Gasteiger partial charge in [-0.2, -0.15) is 4.31 Å². The number of likely N-dealkylation sites (N-methyl/N-ethyl adjacent to an activating group) is 1.